The van der Waals surface area contributed by atoms with E-state index in [-0.39, 0.29) is 5.91 Å². The largest absolute Gasteiger partial charge is 0.326 e. The molecule has 1 amide bonds. The van der Waals surface area contributed by atoms with Gasteiger partial charge < -0.3 is 5.32 Å². The van der Waals surface area contributed by atoms with Crippen LogP contribution >= 0.6 is 11.8 Å². The summed E-state index contributed by atoms with van der Waals surface area (Å²) in [6.45, 7) is 6.17. The van der Waals surface area contributed by atoms with E-state index >= 15 is 0 Å². The molecular weight excluding hydrogens is 218 g/mol. The summed E-state index contributed by atoms with van der Waals surface area (Å²) in [5, 5.41) is 2.94. The molecule has 0 aromatic heterocycles. The molecule has 0 saturated heterocycles. The van der Waals surface area contributed by atoms with Crippen molar-refractivity contribution in [3.8, 4) is 0 Å². The van der Waals surface area contributed by atoms with E-state index in [9.17, 15) is 4.79 Å². The SMILES string of the molecule is CCSCCC(=O)Nc1ccc(C)cc1C. The van der Waals surface area contributed by atoms with Gasteiger partial charge in [0, 0.05) is 17.9 Å². The lowest BCUT2D eigenvalue weighted by molar-refractivity contribution is -0.115. The normalized spacial score (nSPS) is 10.2. The molecule has 0 aliphatic heterocycles. The van der Waals surface area contributed by atoms with Gasteiger partial charge in [-0.15, -0.1) is 0 Å². The highest BCUT2D eigenvalue weighted by molar-refractivity contribution is 7.99. The zero-order valence-electron chi connectivity index (χ0n) is 10.2. The second-order valence-electron chi connectivity index (χ2n) is 3.81. The average molecular weight is 237 g/mol. The Labute approximate surface area is 102 Å². The van der Waals surface area contributed by atoms with Crippen molar-refractivity contribution in [3.63, 3.8) is 0 Å². The number of hydrogen-bond donors (Lipinski definition) is 1. The van der Waals surface area contributed by atoms with E-state index in [0.29, 0.717) is 6.42 Å². The highest BCUT2D eigenvalue weighted by atomic mass is 32.2. The van der Waals surface area contributed by atoms with Crippen LogP contribution in [-0.2, 0) is 4.79 Å². The number of carbonyl (C=O) groups is 1. The number of rotatable bonds is 5. The van der Waals surface area contributed by atoms with E-state index in [1.54, 1.807) is 11.8 Å². The maximum atomic E-state index is 11.6. The Morgan fingerprint density at radius 2 is 2.12 bits per heavy atom. The summed E-state index contributed by atoms with van der Waals surface area (Å²) in [6, 6.07) is 6.06. The predicted octanol–water partition coefficient (Wildman–Crippen LogP) is 3.39. The Hall–Kier alpha value is -0.960. The van der Waals surface area contributed by atoms with E-state index in [4.69, 9.17) is 0 Å². The fraction of sp³-hybridized carbons (Fsp3) is 0.462. The van der Waals surface area contributed by atoms with E-state index < -0.39 is 0 Å². The van der Waals surface area contributed by atoms with Crippen LogP contribution in [0.5, 0.6) is 0 Å². The summed E-state index contributed by atoms with van der Waals surface area (Å²) in [5.41, 5.74) is 3.27. The topological polar surface area (TPSA) is 29.1 Å². The molecule has 0 bridgehead atoms. The summed E-state index contributed by atoms with van der Waals surface area (Å²) in [7, 11) is 0. The molecule has 2 nitrogen and oxygen atoms in total. The quantitative estimate of drug-likeness (QED) is 0.795. The molecule has 88 valence electrons. The lowest BCUT2D eigenvalue weighted by atomic mass is 10.1. The zero-order chi connectivity index (χ0) is 12.0. The monoisotopic (exact) mass is 237 g/mol. The minimum absolute atomic E-state index is 0.105. The van der Waals surface area contributed by atoms with Crippen molar-refractivity contribution >= 4 is 23.4 Å². The maximum absolute atomic E-state index is 11.6. The summed E-state index contributed by atoms with van der Waals surface area (Å²) in [4.78, 5) is 11.6. The molecule has 0 radical (unpaired) electrons. The second-order valence-corrected chi connectivity index (χ2v) is 5.21. The first kappa shape index (κ1) is 13.1. The van der Waals surface area contributed by atoms with Crippen molar-refractivity contribution < 1.29 is 4.79 Å². The van der Waals surface area contributed by atoms with Gasteiger partial charge in [-0.25, -0.2) is 0 Å². The van der Waals surface area contributed by atoms with Crippen molar-refractivity contribution in [3.05, 3.63) is 29.3 Å². The van der Waals surface area contributed by atoms with E-state index in [1.165, 1.54) is 5.56 Å². The maximum Gasteiger partial charge on any atom is 0.225 e. The van der Waals surface area contributed by atoms with Gasteiger partial charge in [0.15, 0.2) is 0 Å². The highest BCUT2D eigenvalue weighted by Gasteiger charge is 2.04. The van der Waals surface area contributed by atoms with E-state index in [1.807, 2.05) is 19.1 Å². The minimum atomic E-state index is 0.105. The smallest absolute Gasteiger partial charge is 0.225 e. The van der Waals surface area contributed by atoms with Crippen molar-refractivity contribution in [2.75, 3.05) is 16.8 Å². The van der Waals surface area contributed by atoms with Gasteiger partial charge in [-0.1, -0.05) is 24.6 Å². The van der Waals surface area contributed by atoms with Crippen LogP contribution in [0.3, 0.4) is 0 Å². The molecule has 3 heteroatoms. The van der Waals surface area contributed by atoms with Crippen LogP contribution in [0.25, 0.3) is 0 Å². The van der Waals surface area contributed by atoms with Crippen molar-refractivity contribution in [1.82, 2.24) is 0 Å². The van der Waals surface area contributed by atoms with Gasteiger partial charge in [-0.2, -0.15) is 11.8 Å². The lowest BCUT2D eigenvalue weighted by Gasteiger charge is -2.08. The Morgan fingerprint density at radius 1 is 1.38 bits per heavy atom. The van der Waals surface area contributed by atoms with Crippen molar-refractivity contribution in [2.24, 2.45) is 0 Å². The number of hydrogen-bond acceptors (Lipinski definition) is 2. The highest BCUT2D eigenvalue weighted by Crippen LogP contribution is 2.16. The third-order valence-electron chi connectivity index (χ3n) is 2.33. The molecule has 0 atom stereocenters. The van der Waals surface area contributed by atoms with E-state index in [2.05, 4.69) is 25.2 Å². The standard InChI is InChI=1S/C13H19NOS/c1-4-16-8-7-13(15)14-12-6-5-10(2)9-11(12)3/h5-6,9H,4,7-8H2,1-3H3,(H,14,15). The van der Waals surface area contributed by atoms with Crippen molar-refractivity contribution in [1.29, 1.82) is 0 Å². The number of benzene rings is 1. The molecular formula is C13H19NOS. The van der Waals surface area contributed by atoms with Gasteiger partial charge >= 0.3 is 0 Å². The Kier molecular flexibility index (Phi) is 5.39. The van der Waals surface area contributed by atoms with Crippen LogP contribution in [0.2, 0.25) is 0 Å². The first-order valence-electron chi connectivity index (χ1n) is 5.58. The van der Waals surface area contributed by atoms with Crippen LogP contribution < -0.4 is 5.32 Å². The number of thioether (sulfide) groups is 1. The Balaban J connectivity index is 2.49. The molecule has 0 saturated carbocycles. The molecule has 1 aromatic rings. The van der Waals surface area contributed by atoms with Crippen LogP contribution in [0.1, 0.15) is 24.5 Å². The second kappa shape index (κ2) is 6.59. The van der Waals surface area contributed by atoms with Gasteiger partial charge in [-0.3, -0.25) is 4.79 Å². The van der Waals surface area contributed by atoms with Gasteiger partial charge in [0.1, 0.15) is 0 Å². The fourth-order valence-corrected chi connectivity index (χ4v) is 2.09. The van der Waals surface area contributed by atoms with Crippen molar-refractivity contribution in [2.45, 2.75) is 27.2 Å². The Morgan fingerprint density at radius 3 is 2.75 bits per heavy atom. The Bertz CT molecular complexity index is 363. The molecule has 16 heavy (non-hydrogen) atoms. The van der Waals surface area contributed by atoms with E-state index in [0.717, 1.165) is 22.8 Å². The molecule has 1 rings (SSSR count). The zero-order valence-corrected chi connectivity index (χ0v) is 11.0. The van der Waals surface area contributed by atoms with Gasteiger partial charge in [-0.05, 0) is 31.2 Å². The summed E-state index contributed by atoms with van der Waals surface area (Å²) < 4.78 is 0. The third-order valence-corrected chi connectivity index (χ3v) is 3.23. The third kappa shape index (κ3) is 4.27. The number of anilines is 1. The predicted molar refractivity (Wildman–Crippen MR) is 72.2 cm³/mol. The summed E-state index contributed by atoms with van der Waals surface area (Å²) in [6.07, 6.45) is 0.589. The van der Waals surface area contributed by atoms with Crippen LogP contribution in [-0.4, -0.2) is 17.4 Å². The number of nitrogens with one attached hydrogen (secondary N) is 1. The van der Waals surface area contributed by atoms with Crippen LogP contribution in [0, 0.1) is 13.8 Å². The number of carbonyl (C=O) groups excluding carboxylic acids is 1. The van der Waals surface area contributed by atoms with Gasteiger partial charge in [0.05, 0.1) is 0 Å². The molecule has 0 unspecified atom stereocenters. The van der Waals surface area contributed by atoms with Crippen LogP contribution in [0.15, 0.2) is 18.2 Å². The molecule has 0 aliphatic rings. The molecule has 1 aromatic carbocycles. The summed E-state index contributed by atoms with van der Waals surface area (Å²) >= 11 is 1.79. The molecule has 1 N–H and O–H groups in total. The molecule has 0 heterocycles. The fourth-order valence-electron chi connectivity index (χ4n) is 1.48. The minimum Gasteiger partial charge on any atom is -0.326 e. The summed E-state index contributed by atoms with van der Waals surface area (Å²) in [5.74, 6) is 2.07. The average Bonchev–Trinajstić information content (AvgIpc) is 2.23. The molecule has 0 fully saturated rings. The number of aryl methyl sites for hydroxylation is 2. The first-order valence-corrected chi connectivity index (χ1v) is 6.73. The lowest BCUT2D eigenvalue weighted by Crippen LogP contribution is -2.13. The molecule has 0 spiro atoms. The first-order chi connectivity index (χ1) is 7.63. The van der Waals surface area contributed by atoms with Gasteiger partial charge in [0.25, 0.3) is 0 Å². The van der Waals surface area contributed by atoms with Gasteiger partial charge in [0.2, 0.25) is 5.91 Å². The molecule has 0 aliphatic carbocycles. The van der Waals surface area contributed by atoms with Crippen LogP contribution in [0.4, 0.5) is 5.69 Å². The number of amides is 1.